The van der Waals surface area contributed by atoms with Crippen molar-refractivity contribution in [3.05, 3.63) is 63.4 Å². The second-order valence-electron chi connectivity index (χ2n) is 4.51. The molecule has 0 N–H and O–H groups in total. The van der Waals surface area contributed by atoms with Crippen LogP contribution in [0, 0.1) is 12.7 Å². The van der Waals surface area contributed by atoms with Crippen LogP contribution in [0.3, 0.4) is 0 Å². The first kappa shape index (κ1) is 14.7. The van der Waals surface area contributed by atoms with Crippen LogP contribution in [0.5, 0.6) is 5.75 Å². The quantitative estimate of drug-likeness (QED) is 0.776. The predicted molar refractivity (Wildman–Crippen MR) is 79.9 cm³/mol. The highest BCUT2D eigenvalue weighted by atomic mass is 79.9. The van der Waals surface area contributed by atoms with Crippen LogP contribution in [0.2, 0.25) is 0 Å². The zero-order valence-electron chi connectivity index (χ0n) is 11.2. The van der Waals surface area contributed by atoms with Crippen LogP contribution in [0.25, 0.3) is 0 Å². The molecule has 2 aromatic rings. The molecule has 0 atom stereocenters. The lowest BCUT2D eigenvalue weighted by Crippen LogP contribution is -2.07. The highest BCUT2D eigenvalue weighted by molar-refractivity contribution is 9.10. The number of carbonyl (C=O) groups excluding carboxylic acids is 1. The highest BCUT2D eigenvalue weighted by Gasteiger charge is 2.14. The summed E-state index contributed by atoms with van der Waals surface area (Å²) in [7, 11) is 1.58. The van der Waals surface area contributed by atoms with Gasteiger partial charge in [0.1, 0.15) is 11.6 Å². The van der Waals surface area contributed by atoms with Crippen LogP contribution < -0.4 is 4.74 Å². The molecular formula is C16H14BrFO2. The van der Waals surface area contributed by atoms with Crippen LogP contribution in [0.15, 0.2) is 40.9 Å². The van der Waals surface area contributed by atoms with E-state index < -0.39 is 5.82 Å². The molecule has 0 spiro atoms. The minimum Gasteiger partial charge on any atom is -0.496 e. The lowest BCUT2D eigenvalue weighted by molar-refractivity contribution is 0.0989. The second-order valence-corrected chi connectivity index (χ2v) is 5.36. The summed E-state index contributed by atoms with van der Waals surface area (Å²) in [5.74, 6) is 0.0243. The molecular weight excluding hydrogens is 323 g/mol. The van der Waals surface area contributed by atoms with Gasteiger partial charge >= 0.3 is 0 Å². The van der Waals surface area contributed by atoms with Crippen molar-refractivity contribution in [1.29, 1.82) is 0 Å². The molecule has 0 amide bonds. The number of benzene rings is 2. The molecule has 0 bridgehead atoms. The molecule has 2 nitrogen and oxygen atoms in total. The maximum Gasteiger partial charge on any atom is 0.170 e. The van der Waals surface area contributed by atoms with E-state index in [0.29, 0.717) is 11.3 Å². The lowest BCUT2D eigenvalue weighted by Gasteiger charge is -2.07. The fourth-order valence-corrected chi connectivity index (χ4v) is 2.55. The summed E-state index contributed by atoms with van der Waals surface area (Å²) in [5.41, 5.74) is 1.42. The molecule has 0 saturated heterocycles. The minimum absolute atomic E-state index is 0.136. The van der Waals surface area contributed by atoms with Gasteiger partial charge in [0.15, 0.2) is 5.78 Å². The summed E-state index contributed by atoms with van der Waals surface area (Å²) in [6.07, 6.45) is 0.156. The van der Waals surface area contributed by atoms with Gasteiger partial charge in [0.25, 0.3) is 0 Å². The molecule has 0 aromatic heterocycles. The van der Waals surface area contributed by atoms with E-state index in [-0.39, 0.29) is 17.8 Å². The highest BCUT2D eigenvalue weighted by Crippen LogP contribution is 2.26. The Kier molecular flexibility index (Phi) is 4.55. The molecule has 0 radical (unpaired) electrons. The normalized spacial score (nSPS) is 10.4. The number of carbonyl (C=O) groups is 1. The van der Waals surface area contributed by atoms with E-state index in [1.807, 2.05) is 6.07 Å². The first-order chi connectivity index (χ1) is 9.52. The summed E-state index contributed by atoms with van der Waals surface area (Å²) in [6, 6.07) is 10.2. The van der Waals surface area contributed by atoms with Gasteiger partial charge < -0.3 is 4.74 Å². The Morgan fingerprint density at radius 1 is 1.30 bits per heavy atom. The van der Waals surface area contributed by atoms with Crippen molar-refractivity contribution in [2.24, 2.45) is 0 Å². The SMILES string of the molecule is COc1ccc(CC(=O)c2cccc(C)c2F)cc1Br. The molecule has 0 aliphatic rings. The van der Waals surface area contributed by atoms with Crippen molar-refractivity contribution in [1.82, 2.24) is 0 Å². The molecule has 0 heterocycles. The van der Waals surface area contributed by atoms with Gasteiger partial charge in [-0.3, -0.25) is 4.79 Å². The number of rotatable bonds is 4. The van der Waals surface area contributed by atoms with Crippen molar-refractivity contribution < 1.29 is 13.9 Å². The Morgan fingerprint density at radius 2 is 2.05 bits per heavy atom. The Balaban J connectivity index is 2.24. The molecule has 0 unspecified atom stereocenters. The number of ketones is 1. The van der Waals surface area contributed by atoms with Crippen molar-refractivity contribution in [3.8, 4) is 5.75 Å². The lowest BCUT2D eigenvalue weighted by atomic mass is 10.0. The largest absolute Gasteiger partial charge is 0.496 e. The smallest absolute Gasteiger partial charge is 0.170 e. The van der Waals surface area contributed by atoms with Crippen LogP contribution in [-0.4, -0.2) is 12.9 Å². The standard InChI is InChI=1S/C16H14BrFO2/c1-10-4-3-5-12(16(10)18)14(19)9-11-6-7-15(20-2)13(17)8-11/h3-8H,9H2,1-2H3. The third-order valence-corrected chi connectivity index (χ3v) is 3.69. The summed E-state index contributed by atoms with van der Waals surface area (Å²) < 4.78 is 19.8. The van der Waals surface area contributed by atoms with Gasteiger partial charge in [-0.25, -0.2) is 4.39 Å². The van der Waals surface area contributed by atoms with Gasteiger partial charge in [0, 0.05) is 6.42 Å². The Bertz CT molecular complexity index is 653. The van der Waals surface area contributed by atoms with Gasteiger partial charge in [0.2, 0.25) is 0 Å². The average Bonchev–Trinajstić information content (AvgIpc) is 2.42. The van der Waals surface area contributed by atoms with E-state index in [1.165, 1.54) is 6.07 Å². The van der Waals surface area contributed by atoms with Gasteiger partial charge in [-0.1, -0.05) is 18.2 Å². The number of hydrogen-bond acceptors (Lipinski definition) is 2. The summed E-state index contributed by atoms with van der Waals surface area (Å²) in [6.45, 7) is 1.65. The molecule has 0 aliphatic carbocycles. The van der Waals surface area contributed by atoms with Crippen LogP contribution in [0.4, 0.5) is 4.39 Å². The fourth-order valence-electron chi connectivity index (χ4n) is 1.96. The van der Waals surface area contributed by atoms with E-state index in [0.717, 1.165) is 10.0 Å². The molecule has 4 heteroatoms. The Labute approximate surface area is 125 Å². The summed E-state index contributed by atoms with van der Waals surface area (Å²) >= 11 is 3.37. The third kappa shape index (κ3) is 3.07. The predicted octanol–water partition coefficient (Wildman–Crippen LogP) is 4.33. The fraction of sp³-hybridized carbons (Fsp3) is 0.188. The van der Waals surface area contributed by atoms with Gasteiger partial charge in [-0.05, 0) is 52.2 Å². The van der Waals surface area contributed by atoms with Gasteiger partial charge in [0.05, 0.1) is 17.1 Å². The number of halogens is 2. The number of hydrogen-bond donors (Lipinski definition) is 0. The van der Waals surface area contributed by atoms with Crippen LogP contribution in [-0.2, 0) is 6.42 Å². The molecule has 20 heavy (non-hydrogen) atoms. The molecule has 104 valence electrons. The first-order valence-electron chi connectivity index (χ1n) is 6.13. The van der Waals surface area contributed by atoms with E-state index in [2.05, 4.69) is 15.9 Å². The number of methoxy groups -OCH3 is 1. The van der Waals surface area contributed by atoms with Gasteiger partial charge in [-0.15, -0.1) is 0 Å². The molecule has 0 fully saturated rings. The number of ether oxygens (including phenoxy) is 1. The topological polar surface area (TPSA) is 26.3 Å². The van der Waals surface area contributed by atoms with E-state index in [9.17, 15) is 9.18 Å². The Morgan fingerprint density at radius 3 is 2.70 bits per heavy atom. The van der Waals surface area contributed by atoms with Crippen molar-refractivity contribution in [3.63, 3.8) is 0 Å². The number of Topliss-reactive ketones (excluding diaryl/α,β-unsaturated/α-hetero) is 1. The zero-order valence-corrected chi connectivity index (χ0v) is 12.8. The van der Waals surface area contributed by atoms with Crippen LogP contribution >= 0.6 is 15.9 Å². The molecule has 0 aliphatic heterocycles. The summed E-state index contributed by atoms with van der Waals surface area (Å²) in [5, 5.41) is 0. The first-order valence-corrected chi connectivity index (χ1v) is 6.93. The van der Waals surface area contributed by atoms with E-state index in [4.69, 9.17) is 4.74 Å². The maximum atomic E-state index is 13.9. The van der Waals surface area contributed by atoms with Gasteiger partial charge in [-0.2, -0.15) is 0 Å². The zero-order chi connectivity index (χ0) is 14.7. The monoisotopic (exact) mass is 336 g/mol. The van der Waals surface area contributed by atoms with Crippen molar-refractivity contribution in [2.45, 2.75) is 13.3 Å². The molecule has 0 saturated carbocycles. The van der Waals surface area contributed by atoms with Crippen LogP contribution in [0.1, 0.15) is 21.5 Å². The van der Waals surface area contributed by atoms with Crippen molar-refractivity contribution >= 4 is 21.7 Å². The van der Waals surface area contributed by atoms with E-state index >= 15 is 0 Å². The average molecular weight is 337 g/mol. The molecule has 2 aromatic carbocycles. The number of aryl methyl sites for hydroxylation is 1. The third-order valence-electron chi connectivity index (χ3n) is 3.07. The minimum atomic E-state index is -0.440. The van der Waals surface area contributed by atoms with E-state index in [1.54, 1.807) is 38.3 Å². The second kappa shape index (κ2) is 6.18. The summed E-state index contributed by atoms with van der Waals surface area (Å²) in [4.78, 5) is 12.2. The maximum absolute atomic E-state index is 13.9. The molecule has 2 rings (SSSR count). The Hall–Kier alpha value is -1.68. The van der Waals surface area contributed by atoms with Crippen molar-refractivity contribution in [2.75, 3.05) is 7.11 Å².